The first-order valence-corrected chi connectivity index (χ1v) is 5.87. The summed E-state index contributed by atoms with van der Waals surface area (Å²) in [6, 6.07) is 5.55. The van der Waals surface area contributed by atoms with Crippen molar-refractivity contribution in [1.29, 1.82) is 0 Å². The monoisotopic (exact) mass is 236 g/mol. The molecule has 4 nitrogen and oxygen atoms in total. The number of benzene rings is 1. The van der Waals surface area contributed by atoms with Gasteiger partial charge >= 0.3 is 0 Å². The van der Waals surface area contributed by atoms with E-state index >= 15 is 0 Å². The largest absolute Gasteiger partial charge is 0.508 e. The number of primary amides is 1. The number of phenols is 1. The molecular weight excluding hydrogens is 216 g/mol. The van der Waals surface area contributed by atoms with Crippen LogP contribution < -0.4 is 11.1 Å². The molecule has 0 bridgehead atoms. The van der Waals surface area contributed by atoms with E-state index in [2.05, 4.69) is 5.32 Å². The summed E-state index contributed by atoms with van der Waals surface area (Å²) < 4.78 is 0. The lowest BCUT2D eigenvalue weighted by Gasteiger charge is -2.07. The third-order valence-corrected chi connectivity index (χ3v) is 2.58. The minimum absolute atomic E-state index is 0.249. The van der Waals surface area contributed by atoms with Gasteiger partial charge in [-0.15, -0.1) is 0 Å². The standard InChI is InChI=1S/C13H20N2O2/c1-10-5-6-12(16)11(8-10)9-15-7-3-2-4-13(14)17/h5-6,8,15-16H,2-4,7,9H2,1H3,(H2,14,17). The van der Waals surface area contributed by atoms with E-state index in [4.69, 9.17) is 5.73 Å². The Morgan fingerprint density at radius 2 is 2.18 bits per heavy atom. The highest BCUT2D eigenvalue weighted by molar-refractivity contribution is 5.73. The second kappa shape index (κ2) is 6.91. The second-order valence-corrected chi connectivity index (χ2v) is 4.23. The smallest absolute Gasteiger partial charge is 0.217 e. The Bertz CT molecular complexity index is 378. The van der Waals surface area contributed by atoms with E-state index in [9.17, 15) is 9.90 Å². The SMILES string of the molecule is Cc1ccc(O)c(CNCCCCC(N)=O)c1. The van der Waals surface area contributed by atoms with Crippen LogP contribution in [0, 0.1) is 6.92 Å². The molecule has 0 spiro atoms. The molecule has 4 N–H and O–H groups in total. The number of hydrogen-bond donors (Lipinski definition) is 3. The molecule has 1 aromatic rings. The van der Waals surface area contributed by atoms with Crippen LogP contribution in [-0.2, 0) is 11.3 Å². The van der Waals surface area contributed by atoms with Gasteiger partial charge in [-0.25, -0.2) is 0 Å². The van der Waals surface area contributed by atoms with Crippen molar-refractivity contribution in [3.63, 3.8) is 0 Å². The summed E-state index contributed by atoms with van der Waals surface area (Å²) in [6.45, 7) is 3.46. The maximum absolute atomic E-state index is 10.5. The molecule has 1 aromatic carbocycles. The Morgan fingerprint density at radius 1 is 1.41 bits per heavy atom. The van der Waals surface area contributed by atoms with Gasteiger partial charge in [0.2, 0.25) is 5.91 Å². The third kappa shape index (κ3) is 5.36. The Labute approximate surface area is 102 Å². The fourth-order valence-electron chi connectivity index (χ4n) is 1.63. The van der Waals surface area contributed by atoms with Crippen molar-refractivity contribution >= 4 is 5.91 Å². The first-order valence-electron chi connectivity index (χ1n) is 5.87. The van der Waals surface area contributed by atoms with Crippen LogP contribution >= 0.6 is 0 Å². The van der Waals surface area contributed by atoms with Crippen LogP contribution in [-0.4, -0.2) is 17.6 Å². The number of rotatable bonds is 7. The molecule has 4 heteroatoms. The summed E-state index contributed by atoms with van der Waals surface area (Å²) in [7, 11) is 0. The number of carbonyl (C=O) groups excluding carboxylic acids is 1. The molecular formula is C13H20N2O2. The molecule has 94 valence electrons. The maximum Gasteiger partial charge on any atom is 0.217 e. The molecule has 0 aliphatic heterocycles. The summed E-state index contributed by atoms with van der Waals surface area (Å²) in [6.07, 6.45) is 2.16. The summed E-state index contributed by atoms with van der Waals surface area (Å²) in [5.41, 5.74) is 7.08. The van der Waals surface area contributed by atoms with Crippen LogP contribution in [0.15, 0.2) is 18.2 Å². The lowest BCUT2D eigenvalue weighted by molar-refractivity contribution is -0.118. The summed E-state index contributed by atoms with van der Waals surface area (Å²) in [5.74, 6) is 0.0709. The summed E-state index contributed by atoms with van der Waals surface area (Å²) >= 11 is 0. The zero-order valence-corrected chi connectivity index (χ0v) is 10.2. The second-order valence-electron chi connectivity index (χ2n) is 4.23. The van der Waals surface area contributed by atoms with Crippen LogP contribution in [0.1, 0.15) is 30.4 Å². The van der Waals surface area contributed by atoms with Gasteiger partial charge in [0.1, 0.15) is 5.75 Å². The van der Waals surface area contributed by atoms with E-state index in [1.807, 2.05) is 19.1 Å². The highest BCUT2D eigenvalue weighted by Gasteiger charge is 2.00. The van der Waals surface area contributed by atoms with E-state index in [-0.39, 0.29) is 5.91 Å². The fourth-order valence-corrected chi connectivity index (χ4v) is 1.63. The van der Waals surface area contributed by atoms with Crippen LogP contribution in [0.5, 0.6) is 5.75 Å². The molecule has 0 aromatic heterocycles. The van der Waals surface area contributed by atoms with Crippen molar-refractivity contribution in [3.05, 3.63) is 29.3 Å². The van der Waals surface area contributed by atoms with Gasteiger partial charge in [0.25, 0.3) is 0 Å². The van der Waals surface area contributed by atoms with Crippen molar-refractivity contribution in [3.8, 4) is 5.75 Å². The highest BCUT2D eigenvalue weighted by Crippen LogP contribution is 2.17. The van der Waals surface area contributed by atoms with Crippen molar-refractivity contribution in [2.24, 2.45) is 5.73 Å². The zero-order valence-electron chi connectivity index (χ0n) is 10.2. The van der Waals surface area contributed by atoms with Gasteiger partial charge < -0.3 is 16.2 Å². The van der Waals surface area contributed by atoms with E-state index in [0.717, 1.165) is 30.5 Å². The van der Waals surface area contributed by atoms with Gasteiger partial charge in [0, 0.05) is 18.5 Å². The number of phenolic OH excluding ortho intramolecular Hbond substituents is 1. The Kier molecular flexibility index (Phi) is 5.49. The molecule has 0 radical (unpaired) electrons. The molecule has 0 unspecified atom stereocenters. The number of aromatic hydroxyl groups is 1. The number of unbranched alkanes of at least 4 members (excludes halogenated alkanes) is 1. The molecule has 1 rings (SSSR count). The third-order valence-electron chi connectivity index (χ3n) is 2.58. The van der Waals surface area contributed by atoms with Crippen molar-refractivity contribution in [2.75, 3.05) is 6.54 Å². The summed E-state index contributed by atoms with van der Waals surface area (Å²) in [5, 5.41) is 12.8. The molecule has 0 fully saturated rings. The molecule has 0 saturated carbocycles. The molecule has 0 aliphatic rings. The van der Waals surface area contributed by atoms with Crippen LogP contribution in [0.2, 0.25) is 0 Å². The molecule has 1 amide bonds. The Hall–Kier alpha value is -1.55. The van der Waals surface area contributed by atoms with Crippen LogP contribution in [0.25, 0.3) is 0 Å². The van der Waals surface area contributed by atoms with Gasteiger partial charge in [0.15, 0.2) is 0 Å². The normalized spacial score (nSPS) is 10.4. The first kappa shape index (κ1) is 13.5. The number of aryl methyl sites for hydroxylation is 1. The van der Waals surface area contributed by atoms with Crippen molar-refractivity contribution in [2.45, 2.75) is 32.7 Å². The van der Waals surface area contributed by atoms with Crippen molar-refractivity contribution < 1.29 is 9.90 Å². The zero-order chi connectivity index (χ0) is 12.7. The average molecular weight is 236 g/mol. The Balaban J connectivity index is 2.22. The Morgan fingerprint density at radius 3 is 2.88 bits per heavy atom. The predicted molar refractivity (Wildman–Crippen MR) is 67.6 cm³/mol. The number of carbonyl (C=O) groups is 1. The van der Waals surface area contributed by atoms with Gasteiger partial charge in [0.05, 0.1) is 0 Å². The number of amides is 1. The molecule has 0 aliphatic carbocycles. The quantitative estimate of drug-likeness (QED) is 0.627. The minimum Gasteiger partial charge on any atom is -0.508 e. The lowest BCUT2D eigenvalue weighted by Crippen LogP contribution is -2.16. The number of nitrogens with one attached hydrogen (secondary N) is 1. The van der Waals surface area contributed by atoms with E-state index in [1.54, 1.807) is 6.07 Å². The summed E-state index contributed by atoms with van der Waals surface area (Å²) in [4.78, 5) is 10.5. The van der Waals surface area contributed by atoms with Gasteiger partial charge in [-0.2, -0.15) is 0 Å². The highest BCUT2D eigenvalue weighted by atomic mass is 16.3. The van der Waals surface area contributed by atoms with Gasteiger partial charge in [-0.3, -0.25) is 4.79 Å². The predicted octanol–water partition coefficient (Wildman–Crippen LogP) is 1.45. The number of nitrogens with two attached hydrogens (primary N) is 1. The maximum atomic E-state index is 10.5. The molecule has 0 saturated heterocycles. The van der Waals surface area contributed by atoms with Gasteiger partial charge in [-0.1, -0.05) is 17.7 Å². The fraction of sp³-hybridized carbons (Fsp3) is 0.462. The topological polar surface area (TPSA) is 75.3 Å². The van der Waals surface area contributed by atoms with E-state index < -0.39 is 0 Å². The van der Waals surface area contributed by atoms with Gasteiger partial charge in [-0.05, 0) is 32.4 Å². The first-order chi connectivity index (χ1) is 8.09. The van der Waals surface area contributed by atoms with Crippen LogP contribution in [0.4, 0.5) is 0 Å². The molecule has 17 heavy (non-hydrogen) atoms. The van der Waals surface area contributed by atoms with E-state index in [0.29, 0.717) is 18.7 Å². The molecule has 0 heterocycles. The van der Waals surface area contributed by atoms with Crippen molar-refractivity contribution in [1.82, 2.24) is 5.32 Å². The minimum atomic E-state index is -0.249. The lowest BCUT2D eigenvalue weighted by atomic mass is 10.1. The molecule has 0 atom stereocenters. The van der Waals surface area contributed by atoms with Crippen LogP contribution in [0.3, 0.4) is 0 Å². The number of hydrogen-bond acceptors (Lipinski definition) is 3. The van der Waals surface area contributed by atoms with E-state index in [1.165, 1.54) is 0 Å². The average Bonchev–Trinajstić information content (AvgIpc) is 2.27.